The highest BCUT2D eigenvalue weighted by Gasteiger charge is 2.37. The fourth-order valence-corrected chi connectivity index (χ4v) is 4.01. The van der Waals surface area contributed by atoms with E-state index in [9.17, 15) is 24.3 Å². The van der Waals surface area contributed by atoms with E-state index in [-0.39, 0.29) is 43.3 Å². The molecule has 39 heavy (non-hydrogen) atoms. The average molecular weight is 550 g/mol. The second-order valence-electron chi connectivity index (χ2n) is 11.0. The fourth-order valence-electron chi connectivity index (χ4n) is 4.01. The van der Waals surface area contributed by atoms with Gasteiger partial charge in [-0.2, -0.15) is 0 Å². The molecule has 1 aromatic carbocycles. The lowest BCUT2D eigenvalue weighted by Gasteiger charge is -2.35. The lowest BCUT2D eigenvalue weighted by Crippen LogP contribution is -2.53. The summed E-state index contributed by atoms with van der Waals surface area (Å²) >= 11 is 0. The number of ether oxygens (including phenoxy) is 2. The van der Waals surface area contributed by atoms with Gasteiger partial charge in [0.2, 0.25) is 11.8 Å². The van der Waals surface area contributed by atoms with Crippen molar-refractivity contribution in [3.05, 3.63) is 29.3 Å². The molecule has 2 unspecified atom stereocenters. The molecule has 0 aromatic heterocycles. The fraction of sp³-hybridized carbons (Fsp3) is 0.655. The van der Waals surface area contributed by atoms with E-state index in [1.807, 2.05) is 20.8 Å². The van der Waals surface area contributed by atoms with Crippen molar-refractivity contribution in [2.24, 2.45) is 5.92 Å². The van der Waals surface area contributed by atoms with E-state index < -0.39 is 41.6 Å². The number of esters is 1. The lowest BCUT2D eigenvalue weighted by molar-refractivity contribution is -0.144. The number of rotatable bonds is 14. The van der Waals surface area contributed by atoms with E-state index >= 15 is 0 Å². The Balaban J connectivity index is 3.48. The molecular weight excluding hydrogens is 502 g/mol. The number of hydrogen-bond acceptors (Lipinski definition) is 7. The number of phenols is 1. The number of benzene rings is 1. The monoisotopic (exact) mass is 549 g/mol. The maximum atomic E-state index is 14.1. The normalized spacial score (nSPS) is 12.8. The molecule has 10 heteroatoms. The molecule has 2 atom stereocenters. The van der Waals surface area contributed by atoms with Crippen LogP contribution < -0.4 is 10.6 Å². The summed E-state index contributed by atoms with van der Waals surface area (Å²) < 4.78 is 10.3. The van der Waals surface area contributed by atoms with Crippen molar-refractivity contribution in [1.29, 1.82) is 0 Å². The smallest absolute Gasteiger partial charge is 0.408 e. The number of hydrogen-bond donors (Lipinski definition) is 3. The Morgan fingerprint density at radius 3 is 2.33 bits per heavy atom. The topological polar surface area (TPSA) is 134 Å². The minimum Gasteiger partial charge on any atom is -0.507 e. The molecular formula is C29H47N3O7. The third kappa shape index (κ3) is 11.5. The molecule has 220 valence electrons. The molecule has 0 spiro atoms. The number of carbonyl (C=O) groups excluding carboxylic acids is 4. The maximum Gasteiger partial charge on any atom is 0.408 e. The highest BCUT2D eigenvalue weighted by Crippen LogP contribution is 2.33. The van der Waals surface area contributed by atoms with Crippen LogP contribution in [0.25, 0.3) is 0 Å². The van der Waals surface area contributed by atoms with Gasteiger partial charge in [0.1, 0.15) is 23.4 Å². The molecule has 3 N–H and O–H groups in total. The van der Waals surface area contributed by atoms with Crippen LogP contribution in [-0.4, -0.2) is 65.2 Å². The number of carbonyl (C=O) groups is 4. The Hall–Kier alpha value is -3.30. The van der Waals surface area contributed by atoms with E-state index in [1.165, 1.54) is 4.90 Å². The number of nitrogens with one attached hydrogen (secondary N) is 2. The third-order valence-electron chi connectivity index (χ3n) is 5.79. The summed E-state index contributed by atoms with van der Waals surface area (Å²) in [5, 5.41) is 16.4. The van der Waals surface area contributed by atoms with Gasteiger partial charge in [-0.25, -0.2) is 4.79 Å². The van der Waals surface area contributed by atoms with Crippen LogP contribution in [0.15, 0.2) is 18.2 Å². The minimum absolute atomic E-state index is 0.00212. The number of aryl methyl sites for hydroxylation is 1. The van der Waals surface area contributed by atoms with Gasteiger partial charge in [-0.3, -0.25) is 14.4 Å². The van der Waals surface area contributed by atoms with Crippen molar-refractivity contribution in [1.82, 2.24) is 15.5 Å². The van der Waals surface area contributed by atoms with Crippen LogP contribution in [0.5, 0.6) is 5.75 Å². The van der Waals surface area contributed by atoms with Crippen LogP contribution in [-0.2, 0) is 23.9 Å². The summed E-state index contributed by atoms with van der Waals surface area (Å²) in [6.07, 6.45) is 0.884. The van der Waals surface area contributed by atoms with E-state index in [2.05, 4.69) is 10.6 Å². The average Bonchev–Trinajstić information content (AvgIpc) is 2.81. The van der Waals surface area contributed by atoms with Crippen molar-refractivity contribution in [3.8, 4) is 5.75 Å². The number of phenolic OH excluding ortho intramolecular Hbond substituents is 1. The van der Waals surface area contributed by atoms with E-state index in [0.717, 1.165) is 6.42 Å². The van der Waals surface area contributed by atoms with Crippen molar-refractivity contribution < 1.29 is 33.8 Å². The Labute approximate surface area is 232 Å². The van der Waals surface area contributed by atoms with E-state index in [0.29, 0.717) is 18.4 Å². The molecule has 0 aliphatic rings. The van der Waals surface area contributed by atoms with Crippen LogP contribution in [0.4, 0.5) is 4.79 Å². The summed E-state index contributed by atoms with van der Waals surface area (Å²) in [5.74, 6) is -1.52. The van der Waals surface area contributed by atoms with Gasteiger partial charge in [-0.15, -0.1) is 0 Å². The predicted octanol–water partition coefficient (Wildman–Crippen LogP) is 4.38. The molecule has 0 bridgehead atoms. The zero-order chi connectivity index (χ0) is 29.8. The summed E-state index contributed by atoms with van der Waals surface area (Å²) in [4.78, 5) is 53.6. The highest BCUT2D eigenvalue weighted by atomic mass is 16.6. The van der Waals surface area contributed by atoms with Gasteiger partial charge in [0.25, 0.3) is 0 Å². The van der Waals surface area contributed by atoms with Crippen molar-refractivity contribution in [2.45, 2.75) is 98.8 Å². The first-order chi connectivity index (χ1) is 18.2. The van der Waals surface area contributed by atoms with Crippen LogP contribution in [0.3, 0.4) is 0 Å². The second-order valence-corrected chi connectivity index (χ2v) is 11.0. The maximum absolute atomic E-state index is 14.1. The Morgan fingerprint density at radius 2 is 1.77 bits per heavy atom. The van der Waals surface area contributed by atoms with Gasteiger partial charge in [0, 0.05) is 18.7 Å². The van der Waals surface area contributed by atoms with Crippen LogP contribution in [0.2, 0.25) is 0 Å². The van der Waals surface area contributed by atoms with Crippen LogP contribution >= 0.6 is 0 Å². The van der Waals surface area contributed by atoms with E-state index in [1.54, 1.807) is 52.8 Å². The predicted molar refractivity (Wildman–Crippen MR) is 149 cm³/mol. The first-order valence-corrected chi connectivity index (χ1v) is 13.7. The molecule has 0 aliphatic heterocycles. The molecule has 0 saturated carbocycles. The third-order valence-corrected chi connectivity index (χ3v) is 5.79. The van der Waals surface area contributed by atoms with Crippen molar-refractivity contribution >= 4 is 23.9 Å². The van der Waals surface area contributed by atoms with Gasteiger partial charge in [0.15, 0.2) is 0 Å². The lowest BCUT2D eigenvalue weighted by atomic mass is 9.97. The first-order valence-electron chi connectivity index (χ1n) is 13.7. The number of aromatic hydroxyl groups is 1. The summed E-state index contributed by atoms with van der Waals surface area (Å²) in [6, 6.07) is 2.86. The molecule has 3 amide bonds. The zero-order valence-electron chi connectivity index (χ0n) is 24.8. The first kappa shape index (κ1) is 33.7. The van der Waals surface area contributed by atoms with Gasteiger partial charge in [-0.1, -0.05) is 45.4 Å². The van der Waals surface area contributed by atoms with Crippen LogP contribution in [0.1, 0.15) is 91.3 Å². The summed E-state index contributed by atoms with van der Waals surface area (Å²) in [7, 11) is 0. The second kappa shape index (κ2) is 16.0. The standard InChI is InChI=1S/C29H47N3O7/c1-9-11-17-32(27(36)22(18-19(3)4)31-28(37)39-29(6,7)8)24(21-14-12-13-20(5)25(21)34)26(35)30-16-15-23(33)38-10-2/h12-14,19,22,24,34H,9-11,15-18H2,1-8H3,(H,30,35)(H,31,37). The highest BCUT2D eigenvalue weighted by molar-refractivity contribution is 5.92. The van der Waals surface area contributed by atoms with Gasteiger partial charge in [0.05, 0.1) is 13.0 Å². The zero-order valence-corrected chi connectivity index (χ0v) is 24.8. The molecule has 0 fully saturated rings. The molecule has 0 heterocycles. The number of amides is 3. The van der Waals surface area contributed by atoms with Crippen molar-refractivity contribution in [3.63, 3.8) is 0 Å². The largest absolute Gasteiger partial charge is 0.507 e. The number of alkyl carbamates (subject to hydrolysis) is 1. The van der Waals surface area contributed by atoms with Gasteiger partial charge >= 0.3 is 12.1 Å². The van der Waals surface area contributed by atoms with Gasteiger partial charge < -0.3 is 30.1 Å². The Kier molecular flexibility index (Phi) is 13.8. The summed E-state index contributed by atoms with van der Waals surface area (Å²) in [6.45, 7) is 14.9. The molecule has 10 nitrogen and oxygen atoms in total. The van der Waals surface area contributed by atoms with E-state index in [4.69, 9.17) is 9.47 Å². The molecule has 0 radical (unpaired) electrons. The SMILES string of the molecule is CCCCN(C(=O)C(CC(C)C)NC(=O)OC(C)(C)C)C(C(=O)NCCC(=O)OCC)c1cccc(C)c1O. The summed E-state index contributed by atoms with van der Waals surface area (Å²) in [5.41, 5.74) is 0.0468. The van der Waals surface area contributed by atoms with Gasteiger partial charge in [-0.05, 0) is 58.9 Å². The van der Waals surface area contributed by atoms with Crippen LogP contribution in [0, 0.1) is 12.8 Å². The number of unbranched alkanes of at least 4 members (excludes halogenated alkanes) is 1. The number of para-hydroxylation sites is 1. The Bertz CT molecular complexity index is 972. The Morgan fingerprint density at radius 1 is 1.10 bits per heavy atom. The molecule has 0 saturated heterocycles. The molecule has 0 aliphatic carbocycles. The number of nitrogens with zero attached hydrogens (tertiary/aromatic N) is 1. The quantitative estimate of drug-likeness (QED) is 0.293. The molecule has 1 aromatic rings. The van der Waals surface area contributed by atoms with Crippen molar-refractivity contribution in [2.75, 3.05) is 19.7 Å². The minimum atomic E-state index is -1.19. The molecule has 1 rings (SSSR count).